The Hall–Kier alpha value is -2.63. The summed E-state index contributed by atoms with van der Waals surface area (Å²) < 4.78 is 9.68. The zero-order valence-electron chi connectivity index (χ0n) is 12.8. The highest BCUT2D eigenvalue weighted by molar-refractivity contribution is 5.69. The molecule has 1 aromatic heterocycles. The minimum Gasteiger partial charge on any atom is -0.497 e. The van der Waals surface area contributed by atoms with Crippen molar-refractivity contribution < 1.29 is 14.3 Å². The molecule has 2 rings (SSSR count). The highest BCUT2D eigenvalue weighted by atomic mass is 16.5. The first-order chi connectivity index (χ1) is 10.5. The Morgan fingerprint density at radius 3 is 2.45 bits per heavy atom. The number of aryl methyl sites for hydroxylation is 1. The third kappa shape index (κ3) is 3.52. The number of benzene rings is 1. The molecule has 0 radical (unpaired) electrons. The number of carbonyl (C=O) groups is 1. The monoisotopic (exact) mass is 302 g/mol. The minimum atomic E-state index is -0.349. The Balaban J connectivity index is 2.28. The van der Waals surface area contributed by atoms with Gasteiger partial charge in [0.1, 0.15) is 11.6 Å². The van der Waals surface area contributed by atoms with E-state index in [2.05, 4.69) is 14.7 Å². The number of aromatic amines is 1. The van der Waals surface area contributed by atoms with Gasteiger partial charge >= 0.3 is 5.97 Å². The fourth-order valence-electron chi connectivity index (χ4n) is 2.12. The molecule has 0 saturated carbocycles. The van der Waals surface area contributed by atoms with Crippen LogP contribution in [0.5, 0.6) is 5.75 Å². The molecule has 2 aromatic rings. The Kier molecular flexibility index (Phi) is 4.93. The maximum atomic E-state index is 12.2. The highest BCUT2D eigenvalue weighted by Gasteiger charge is 2.11. The quantitative estimate of drug-likeness (QED) is 0.853. The number of nitrogens with one attached hydrogen (secondary N) is 1. The summed E-state index contributed by atoms with van der Waals surface area (Å²) in [5.74, 6) is 0.877. The van der Waals surface area contributed by atoms with E-state index in [0.717, 1.165) is 11.3 Å². The molecule has 0 bridgehead atoms. The first-order valence-corrected chi connectivity index (χ1v) is 6.86. The number of nitrogens with zero attached hydrogens (tertiary/aromatic N) is 1. The van der Waals surface area contributed by atoms with Crippen molar-refractivity contribution in [3.63, 3.8) is 0 Å². The number of methoxy groups -OCH3 is 2. The van der Waals surface area contributed by atoms with Gasteiger partial charge in [0.25, 0.3) is 5.56 Å². The van der Waals surface area contributed by atoms with Crippen molar-refractivity contribution in [3.8, 4) is 17.1 Å². The third-order valence-electron chi connectivity index (χ3n) is 3.39. The number of rotatable bonds is 5. The Labute approximate surface area is 128 Å². The Morgan fingerprint density at radius 2 is 1.91 bits per heavy atom. The van der Waals surface area contributed by atoms with Crippen molar-refractivity contribution >= 4 is 5.97 Å². The molecule has 0 aliphatic rings. The second kappa shape index (κ2) is 6.89. The fraction of sp³-hybridized carbons (Fsp3) is 0.312. The van der Waals surface area contributed by atoms with Gasteiger partial charge in [0.15, 0.2) is 0 Å². The average Bonchev–Trinajstić information content (AvgIpc) is 2.53. The highest BCUT2D eigenvalue weighted by Crippen LogP contribution is 2.19. The lowest BCUT2D eigenvalue weighted by Gasteiger charge is -2.07. The molecule has 0 spiro atoms. The topological polar surface area (TPSA) is 81.3 Å². The van der Waals surface area contributed by atoms with E-state index in [9.17, 15) is 9.59 Å². The van der Waals surface area contributed by atoms with Crippen LogP contribution >= 0.6 is 0 Å². The van der Waals surface area contributed by atoms with Gasteiger partial charge in [-0.15, -0.1) is 0 Å². The molecule has 22 heavy (non-hydrogen) atoms. The van der Waals surface area contributed by atoms with Crippen molar-refractivity contribution in [2.24, 2.45) is 0 Å². The lowest BCUT2D eigenvalue weighted by molar-refractivity contribution is -0.140. The lowest BCUT2D eigenvalue weighted by atomic mass is 10.1. The zero-order chi connectivity index (χ0) is 16.1. The number of aromatic nitrogens is 2. The number of H-pyrrole nitrogens is 1. The van der Waals surface area contributed by atoms with Crippen molar-refractivity contribution in [2.75, 3.05) is 14.2 Å². The van der Waals surface area contributed by atoms with Crippen LogP contribution in [0.1, 0.15) is 17.7 Å². The summed E-state index contributed by atoms with van der Waals surface area (Å²) in [6.45, 7) is 1.76. The van der Waals surface area contributed by atoms with Crippen LogP contribution in [0.2, 0.25) is 0 Å². The number of hydrogen-bond donors (Lipinski definition) is 1. The van der Waals surface area contributed by atoms with Crippen LogP contribution in [-0.4, -0.2) is 30.2 Å². The van der Waals surface area contributed by atoms with Gasteiger partial charge in [0.05, 0.1) is 14.2 Å². The van der Waals surface area contributed by atoms with E-state index in [4.69, 9.17) is 4.74 Å². The molecule has 0 atom stereocenters. The second-order valence-electron chi connectivity index (χ2n) is 4.78. The molecule has 0 aliphatic carbocycles. The molecule has 0 saturated heterocycles. The van der Waals surface area contributed by atoms with Crippen LogP contribution in [0.25, 0.3) is 11.4 Å². The Morgan fingerprint density at radius 1 is 1.23 bits per heavy atom. The van der Waals surface area contributed by atoms with Crippen molar-refractivity contribution in [1.29, 1.82) is 0 Å². The molecule has 1 heterocycles. The molecule has 116 valence electrons. The normalized spacial score (nSPS) is 10.3. The number of esters is 1. The van der Waals surface area contributed by atoms with Gasteiger partial charge in [-0.2, -0.15) is 0 Å². The number of ether oxygens (including phenoxy) is 2. The number of carbonyl (C=O) groups excluding carboxylic acids is 1. The summed E-state index contributed by atoms with van der Waals surface area (Å²) in [6.07, 6.45) is 0.466. The molecule has 1 aromatic carbocycles. The van der Waals surface area contributed by atoms with E-state index in [-0.39, 0.29) is 17.9 Å². The largest absolute Gasteiger partial charge is 0.497 e. The molecule has 0 unspecified atom stereocenters. The summed E-state index contributed by atoms with van der Waals surface area (Å²) in [5.41, 5.74) is 1.67. The average molecular weight is 302 g/mol. The number of hydrogen-bond acceptors (Lipinski definition) is 5. The third-order valence-corrected chi connectivity index (χ3v) is 3.39. The standard InChI is InChI=1S/C16H18N2O4/c1-10-13(8-9-14(19)22-3)16(20)18-15(17-10)11-4-6-12(21-2)7-5-11/h4-7H,8-9H2,1-3H3,(H,17,18,20). The van der Waals surface area contributed by atoms with Gasteiger partial charge in [0, 0.05) is 23.2 Å². The van der Waals surface area contributed by atoms with Crippen LogP contribution in [0.4, 0.5) is 0 Å². The smallest absolute Gasteiger partial charge is 0.305 e. The molecular formula is C16H18N2O4. The molecule has 6 heteroatoms. The van der Waals surface area contributed by atoms with Crippen LogP contribution in [-0.2, 0) is 16.0 Å². The van der Waals surface area contributed by atoms with Gasteiger partial charge in [-0.1, -0.05) is 0 Å². The predicted molar refractivity (Wildman–Crippen MR) is 81.9 cm³/mol. The predicted octanol–water partition coefficient (Wildman–Crippen LogP) is 1.86. The van der Waals surface area contributed by atoms with E-state index < -0.39 is 0 Å². The van der Waals surface area contributed by atoms with Gasteiger partial charge in [-0.3, -0.25) is 9.59 Å². The molecule has 0 aliphatic heterocycles. The second-order valence-corrected chi connectivity index (χ2v) is 4.78. The molecule has 6 nitrogen and oxygen atoms in total. The van der Waals surface area contributed by atoms with E-state index in [1.807, 2.05) is 12.1 Å². The van der Waals surface area contributed by atoms with Crippen molar-refractivity contribution in [1.82, 2.24) is 9.97 Å². The minimum absolute atomic E-state index is 0.157. The SMILES string of the molecule is COC(=O)CCc1c(C)nc(-c2ccc(OC)cc2)[nH]c1=O. The van der Waals surface area contributed by atoms with Gasteiger partial charge in [0.2, 0.25) is 0 Å². The first-order valence-electron chi connectivity index (χ1n) is 6.86. The van der Waals surface area contributed by atoms with E-state index in [1.165, 1.54) is 7.11 Å². The maximum Gasteiger partial charge on any atom is 0.305 e. The van der Waals surface area contributed by atoms with Crippen LogP contribution in [0, 0.1) is 6.92 Å². The molecular weight excluding hydrogens is 284 g/mol. The van der Waals surface area contributed by atoms with Crippen LogP contribution in [0.15, 0.2) is 29.1 Å². The summed E-state index contributed by atoms with van der Waals surface area (Å²) in [4.78, 5) is 30.5. The van der Waals surface area contributed by atoms with Gasteiger partial charge < -0.3 is 14.5 Å². The van der Waals surface area contributed by atoms with Gasteiger partial charge in [-0.25, -0.2) is 4.98 Å². The van der Waals surface area contributed by atoms with Crippen molar-refractivity contribution in [3.05, 3.63) is 45.9 Å². The zero-order valence-corrected chi connectivity index (χ0v) is 12.8. The van der Waals surface area contributed by atoms with Crippen LogP contribution in [0.3, 0.4) is 0 Å². The summed E-state index contributed by atoms with van der Waals surface area (Å²) in [7, 11) is 2.92. The summed E-state index contributed by atoms with van der Waals surface area (Å²) >= 11 is 0. The van der Waals surface area contributed by atoms with Crippen molar-refractivity contribution in [2.45, 2.75) is 19.8 Å². The maximum absolute atomic E-state index is 12.2. The molecule has 0 amide bonds. The lowest BCUT2D eigenvalue weighted by Crippen LogP contribution is -2.18. The first kappa shape index (κ1) is 15.8. The van der Waals surface area contributed by atoms with Crippen LogP contribution < -0.4 is 10.3 Å². The van der Waals surface area contributed by atoms with E-state index in [1.54, 1.807) is 26.2 Å². The molecule has 1 N–H and O–H groups in total. The van der Waals surface area contributed by atoms with Gasteiger partial charge in [-0.05, 0) is 37.6 Å². The fourth-order valence-corrected chi connectivity index (χ4v) is 2.12. The summed E-state index contributed by atoms with van der Waals surface area (Å²) in [5, 5.41) is 0. The summed E-state index contributed by atoms with van der Waals surface area (Å²) in [6, 6.07) is 7.25. The van der Waals surface area contributed by atoms with E-state index >= 15 is 0 Å². The molecule has 0 fully saturated rings. The Bertz CT molecular complexity index is 720. The van der Waals surface area contributed by atoms with E-state index in [0.29, 0.717) is 23.5 Å².